The first-order valence-corrected chi connectivity index (χ1v) is 7.75. The molecule has 0 radical (unpaired) electrons. The van der Waals surface area contributed by atoms with Crippen LogP contribution in [0.15, 0.2) is 41.3 Å². The van der Waals surface area contributed by atoms with Crippen LogP contribution in [-0.4, -0.2) is 6.26 Å². The average molecular weight is 384 g/mol. The van der Waals surface area contributed by atoms with E-state index in [9.17, 15) is 9.65 Å². The van der Waals surface area contributed by atoms with Crippen molar-refractivity contribution in [1.82, 2.24) is 0 Å². The second-order valence-electron chi connectivity index (χ2n) is 3.74. The van der Waals surface area contributed by atoms with Crippen LogP contribution in [0.2, 0.25) is 0 Å². The van der Waals surface area contributed by atoms with Crippen LogP contribution in [0.25, 0.3) is 0 Å². The number of rotatable bonds is 3. The summed E-state index contributed by atoms with van der Waals surface area (Å²) in [4.78, 5) is 0.921. The van der Waals surface area contributed by atoms with Crippen molar-refractivity contribution in [3.63, 3.8) is 0 Å². The van der Waals surface area contributed by atoms with Gasteiger partial charge in [-0.2, -0.15) is 5.26 Å². The van der Waals surface area contributed by atoms with Crippen LogP contribution in [0.1, 0.15) is 5.56 Å². The summed E-state index contributed by atoms with van der Waals surface area (Å²) in [7, 11) is 0. The van der Waals surface area contributed by atoms with Gasteiger partial charge in [0.25, 0.3) is 0 Å². The van der Waals surface area contributed by atoms with E-state index in [1.807, 2.05) is 24.5 Å². The van der Waals surface area contributed by atoms with Gasteiger partial charge in [-0.05, 0) is 59.2 Å². The van der Waals surface area contributed by atoms with Crippen LogP contribution in [0.5, 0.6) is 0 Å². The van der Waals surface area contributed by atoms with E-state index in [2.05, 4.69) is 34.0 Å². The molecule has 1 N–H and O–H groups in total. The van der Waals surface area contributed by atoms with Gasteiger partial charge in [-0.3, -0.25) is 0 Å². The lowest BCUT2D eigenvalue weighted by Crippen LogP contribution is -1.97. The molecule has 0 heterocycles. The minimum atomic E-state index is -0.270. The molecule has 19 heavy (non-hydrogen) atoms. The van der Waals surface area contributed by atoms with Gasteiger partial charge >= 0.3 is 0 Å². The summed E-state index contributed by atoms with van der Waals surface area (Å²) in [6.07, 6.45) is 1.93. The Labute approximate surface area is 129 Å². The first-order chi connectivity index (χ1) is 9.15. The Hall–Kier alpha value is -1.26. The number of nitrogens with zero attached hydrogens (tertiary/aromatic N) is 1. The van der Waals surface area contributed by atoms with Crippen molar-refractivity contribution in [2.24, 2.45) is 0 Å². The van der Waals surface area contributed by atoms with Crippen molar-refractivity contribution in [2.75, 3.05) is 11.6 Å². The van der Waals surface area contributed by atoms with E-state index in [0.29, 0.717) is 5.56 Å². The van der Waals surface area contributed by atoms with Crippen molar-refractivity contribution in [2.45, 2.75) is 4.90 Å². The van der Waals surface area contributed by atoms with E-state index in [1.54, 1.807) is 6.07 Å². The van der Waals surface area contributed by atoms with Gasteiger partial charge in [0.2, 0.25) is 0 Å². The monoisotopic (exact) mass is 384 g/mol. The third kappa shape index (κ3) is 3.19. The molecule has 0 aliphatic carbocycles. The maximum atomic E-state index is 13.1. The number of nitrogens with one attached hydrogen (secondary N) is 1. The summed E-state index contributed by atoms with van der Waals surface area (Å²) in [5.41, 5.74) is 2.13. The number of hydrogen-bond acceptors (Lipinski definition) is 3. The zero-order valence-electron chi connectivity index (χ0n) is 10.1. The molecule has 5 heteroatoms. The van der Waals surface area contributed by atoms with Gasteiger partial charge in [-0.25, -0.2) is 4.39 Å². The highest BCUT2D eigenvalue weighted by Crippen LogP contribution is 2.30. The van der Waals surface area contributed by atoms with E-state index < -0.39 is 0 Å². The molecule has 0 aliphatic heterocycles. The Morgan fingerprint density at radius 2 is 2.05 bits per heavy atom. The molecule has 96 valence electrons. The molecule has 2 aromatic rings. The molecule has 0 saturated heterocycles. The fraction of sp³-hybridized carbons (Fsp3) is 0.0714. The second kappa shape index (κ2) is 6.26. The number of thioether (sulfide) groups is 1. The number of benzene rings is 2. The molecule has 0 amide bonds. The largest absolute Gasteiger partial charge is 0.354 e. The molecule has 2 rings (SSSR count). The van der Waals surface area contributed by atoms with Crippen molar-refractivity contribution >= 4 is 45.7 Å². The minimum absolute atomic E-state index is 0.270. The topological polar surface area (TPSA) is 35.8 Å². The second-order valence-corrected chi connectivity index (χ2v) is 5.75. The lowest BCUT2D eigenvalue weighted by atomic mass is 10.2. The average Bonchev–Trinajstić information content (AvgIpc) is 2.41. The van der Waals surface area contributed by atoms with Crippen LogP contribution in [0.4, 0.5) is 15.8 Å². The van der Waals surface area contributed by atoms with Gasteiger partial charge < -0.3 is 5.32 Å². The van der Waals surface area contributed by atoms with E-state index >= 15 is 0 Å². The summed E-state index contributed by atoms with van der Waals surface area (Å²) in [6.45, 7) is 0. The number of anilines is 2. The fourth-order valence-electron chi connectivity index (χ4n) is 1.66. The van der Waals surface area contributed by atoms with Gasteiger partial charge in [0.05, 0.1) is 16.9 Å². The quantitative estimate of drug-likeness (QED) is 0.612. The lowest BCUT2D eigenvalue weighted by Gasteiger charge is -2.12. The molecule has 0 unspecified atom stereocenters. The first-order valence-electron chi connectivity index (χ1n) is 5.45. The molecule has 0 fully saturated rings. The van der Waals surface area contributed by atoms with Crippen LogP contribution in [0, 0.1) is 20.7 Å². The smallest absolute Gasteiger partial charge is 0.124 e. The minimum Gasteiger partial charge on any atom is -0.354 e. The van der Waals surface area contributed by atoms with Crippen molar-refractivity contribution in [1.29, 1.82) is 5.26 Å². The molecule has 2 aromatic carbocycles. The standard InChI is InChI=1S/C14H10FIN2S/c1-19-14-4-2-3-12(10(14)8-17)18-13-6-5-9(15)7-11(13)16/h2-7,18H,1H3. The van der Waals surface area contributed by atoms with Gasteiger partial charge in [0.1, 0.15) is 11.9 Å². The summed E-state index contributed by atoms with van der Waals surface area (Å²) >= 11 is 3.59. The Morgan fingerprint density at radius 3 is 2.68 bits per heavy atom. The first kappa shape index (κ1) is 14.2. The lowest BCUT2D eigenvalue weighted by molar-refractivity contribution is 0.627. The Kier molecular flexibility index (Phi) is 4.66. The summed E-state index contributed by atoms with van der Waals surface area (Å²) in [5, 5.41) is 12.4. The summed E-state index contributed by atoms with van der Waals surface area (Å²) < 4.78 is 13.8. The van der Waals surface area contributed by atoms with E-state index in [-0.39, 0.29) is 5.82 Å². The Bertz CT molecular complexity index is 652. The van der Waals surface area contributed by atoms with Crippen LogP contribution in [-0.2, 0) is 0 Å². The molecule has 0 spiro atoms. The maximum absolute atomic E-state index is 13.1. The Morgan fingerprint density at radius 1 is 1.26 bits per heavy atom. The molecule has 0 saturated carbocycles. The molecular formula is C14H10FIN2S. The molecule has 0 bridgehead atoms. The SMILES string of the molecule is CSc1cccc(Nc2ccc(F)cc2I)c1C#N. The summed E-state index contributed by atoms with van der Waals surface area (Å²) in [6, 6.07) is 12.4. The van der Waals surface area contributed by atoms with Gasteiger partial charge in [-0.15, -0.1) is 11.8 Å². The van der Waals surface area contributed by atoms with Crippen LogP contribution in [0.3, 0.4) is 0 Å². The third-order valence-electron chi connectivity index (χ3n) is 2.56. The van der Waals surface area contributed by atoms with E-state index in [1.165, 1.54) is 23.9 Å². The zero-order chi connectivity index (χ0) is 13.8. The van der Waals surface area contributed by atoms with Crippen molar-refractivity contribution in [3.05, 3.63) is 51.3 Å². The molecule has 0 aliphatic rings. The highest BCUT2D eigenvalue weighted by atomic mass is 127. The van der Waals surface area contributed by atoms with Gasteiger partial charge in [0.15, 0.2) is 0 Å². The number of nitriles is 1. The normalized spacial score (nSPS) is 10.0. The zero-order valence-corrected chi connectivity index (χ0v) is 13.0. The van der Waals surface area contributed by atoms with Gasteiger partial charge in [-0.1, -0.05) is 6.07 Å². The fourth-order valence-corrected chi connectivity index (χ4v) is 2.84. The van der Waals surface area contributed by atoms with E-state index in [4.69, 9.17) is 0 Å². The van der Waals surface area contributed by atoms with Gasteiger partial charge in [0, 0.05) is 8.47 Å². The highest BCUT2D eigenvalue weighted by Gasteiger charge is 2.09. The predicted molar refractivity (Wildman–Crippen MR) is 85.3 cm³/mol. The summed E-state index contributed by atoms with van der Waals surface area (Å²) in [5.74, 6) is -0.270. The molecular weight excluding hydrogens is 374 g/mol. The highest BCUT2D eigenvalue weighted by molar-refractivity contribution is 14.1. The van der Waals surface area contributed by atoms with Crippen molar-refractivity contribution < 1.29 is 4.39 Å². The predicted octanol–water partition coefficient (Wildman–Crippen LogP) is 4.77. The number of halogens is 2. The van der Waals surface area contributed by atoms with Crippen molar-refractivity contribution in [3.8, 4) is 6.07 Å². The maximum Gasteiger partial charge on any atom is 0.124 e. The molecule has 0 aromatic heterocycles. The Balaban J connectivity index is 2.41. The molecule has 2 nitrogen and oxygen atoms in total. The van der Waals surface area contributed by atoms with Crippen LogP contribution < -0.4 is 5.32 Å². The van der Waals surface area contributed by atoms with Crippen LogP contribution >= 0.6 is 34.4 Å². The van der Waals surface area contributed by atoms with E-state index in [0.717, 1.165) is 19.8 Å². The number of hydrogen-bond donors (Lipinski definition) is 1. The molecule has 0 atom stereocenters. The third-order valence-corrected chi connectivity index (χ3v) is 4.23.